The van der Waals surface area contributed by atoms with Gasteiger partial charge in [-0.25, -0.2) is 4.79 Å². The predicted molar refractivity (Wildman–Crippen MR) is 105 cm³/mol. The topological polar surface area (TPSA) is 35.5 Å². The van der Waals surface area contributed by atoms with E-state index in [0.29, 0.717) is 12.2 Å². The number of esters is 1. The Labute approximate surface area is 156 Å². The number of hydrogen-bond acceptors (Lipinski definition) is 3. The zero-order valence-electron chi connectivity index (χ0n) is 16.7. The van der Waals surface area contributed by atoms with Crippen LogP contribution in [-0.4, -0.2) is 25.8 Å². The van der Waals surface area contributed by atoms with Gasteiger partial charge in [-0.3, -0.25) is 0 Å². The lowest BCUT2D eigenvalue weighted by atomic mass is 10.1. The third-order valence-corrected chi connectivity index (χ3v) is 4.25. The second kappa shape index (κ2) is 18.0. The zero-order valence-corrected chi connectivity index (χ0v) is 16.7. The van der Waals surface area contributed by atoms with Crippen LogP contribution < -0.4 is 0 Å². The second-order valence-corrected chi connectivity index (χ2v) is 7.10. The van der Waals surface area contributed by atoms with E-state index >= 15 is 0 Å². The van der Waals surface area contributed by atoms with Crippen LogP contribution in [0, 0.1) is 12.8 Å². The number of unbranched alkanes of at least 4 members (excludes halogenated alkanes) is 11. The first-order valence-electron chi connectivity index (χ1n) is 10.2. The molecule has 1 atom stereocenters. The molecule has 0 aromatic rings. The van der Waals surface area contributed by atoms with E-state index in [0.717, 1.165) is 13.0 Å². The summed E-state index contributed by atoms with van der Waals surface area (Å²) in [6.45, 7) is 14.6. The number of carbonyl (C=O) groups is 1. The van der Waals surface area contributed by atoms with Crippen LogP contribution in [0.1, 0.15) is 90.9 Å². The van der Waals surface area contributed by atoms with Crippen LogP contribution in [0.2, 0.25) is 0 Å². The Morgan fingerprint density at radius 3 is 1.84 bits per heavy atom. The van der Waals surface area contributed by atoms with Gasteiger partial charge in [0.2, 0.25) is 0 Å². The summed E-state index contributed by atoms with van der Waals surface area (Å²) in [5, 5.41) is 0. The second-order valence-electron chi connectivity index (χ2n) is 7.10. The molecule has 2 radical (unpaired) electrons. The standard InChI is InChI=1S/C22H40O3/c1-5-6-7-8-9-10-11-12-13-14-15-16-17-24-18-21(4)19-25-22(23)20(2)3/h4,21H,2,5-19H2,1,3H3. The number of carbonyl (C=O) groups excluding carboxylic acids is 1. The van der Waals surface area contributed by atoms with Gasteiger partial charge in [-0.1, -0.05) is 84.1 Å². The van der Waals surface area contributed by atoms with E-state index in [-0.39, 0.29) is 12.5 Å². The third kappa shape index (κ3) is 17.8. The lowest BCUT2D eigenvalue weighted by Crippen LogP contribution is -2.17. The Morgan fingerprint density at radius 2 is 1.36 bits per heavy atom. The highest BCUT2D eigenvalue weighted by Gasteiger charge is 2.08. The Balaban J connectivity index is 3.20. The maximum atomic E-state index is 11.2. The van der Waals surface area contributed by atoms with Crippen LogP contribution >= 0.6 is 0 Å². The fourth-order valence-corrected chi connectivity index (χ4v) is 2.63. The van der Waals surface area contributed by atoms with Crippen molar-refractivity contribution in [3.05, 3.63) is 19.1 Å². The molecule has 1 unspecified atom stereocenters. The molecule has 0 aliphatic heterocycles. The van der Waals surface area contributed by atoms with Crippen molar-refractivity contribution in [1.82, 2.24) is 0 Å². The molecule has 0 N–H and O–H groups in total. The Hall–Kier alpha value is -0.830. The van der Waals surface area contributed by atoms with Crippen LogP contribution in [0.15, 0.2) is 12.2 Å². The smallest absolute Gasteiger partial charge is 0.333 e. The molecule has 0 aliphatic rings. The minimum absolute atomic E-state index is 0.185. The van der Waals surface area contributed by atoms with Gasteiger partial charge in [0.15, 0.2) is 0 Å². The summed E-state index contributed by atoms with van der Waals surface area (Å²) in [6.07, 6.45) is 16.1. The third-order valence-electron chi connectivity index (χ3n) is 4.25. The van der Waals surface area contributed by atoms with Gasteiger partial charge in [0.25, 0.3) is 0 Å². The minimum atomic E-state index is -0.392. The quantitative estimate of drug-likeness (QED) is 0.169. The minimum Gasteiger partial charge on any atom is -0.462 e. The largest absolute Gasteiger partial charge is 0.462 e. The molecule has 0 amide bonds. The summed E-state index contributed by atoms with van der Waals surface area (Å²) in [5.74, 6) is -0.656. The van der Waals surface area contributed by atoms with Gasteiger partial charge in [-0.05, 0) is 20.3 Å². The highest BCUT2D eigenvalue weighted by Crippen LogP contribution is 2.12. The molecule has 0 rings (SSSR count). The van der Waals surface area contributed by atoms with Crippen molar-refractivity contribution >= 4 is 5.97 Å². The van der Waals surface area contributed by atoms with Crippen molar-refractivity contribution in [2.24, 2.45) is 5.92 Å². The number of rotatable bonds is 18. The van der Waals surface area contributed by atoms with Crippen LogP contribution in [0.25, 0.3) is 0 Å². The lowest BCUT2D eigenvalue weighted by Gasteiger charge is -2.12. The van der Waals surface area contributed by atoms with Crippen molar-refractivity contribution in [3.63, 3.8) is 0 Å². The molecule has 0 fully saturated rings. The van der Waals surface area contributed by atoms with Crippen molar-refractivity contribution in [1.29, 1.82) is 0 Å². The summed E-state index contributed by atoms with van der Waals surface area (Å²) in [5.41, 5.74) is 0.393. The van der Waals surface area contributed by atoms with E-state index in [2.05, 4.69) is 13.5 Å². The van der Waals surface area contributed by atoms with E-state index in [4.69, 9.17) is 16.4 Å². The molecule has 0 bridgehead atoms. The fraction of sp³-hybridized carbons (Fsp3) is 0.818. The number of ether oxygens (including phenoxy) is 2. The summed E-state index contributed by atoms with van der Waals surface area (Å²) >= 11 is 0. The predicted octanol–water partition coefficient (Wildman–Crippen LogP) is 6.15. The first-order valence-corrected chi connectivity index (χ1v) is 10.2. The molecule has 0 saturated carbocycles. The molecule has 0 aromatic heterocycles. The van der Waals surface area contributed by atoms with Gasteiger partial charge < -0.3 is 9.47 Å². The molecule has 0 saturated heterocycles. The van der Waals surface area contributed by atoms with E-state index in [1.165, 1.54) is 70.6 Å². The number of hydrogen-bond donors (Lipinski definition) is 0. The summed E-state index contributed by atoms with van der Waals surface area (Å²) < 4.78 is 10.5. The van der Waals surface area contributed by atoms with E-state index in [9.17, 15) is 4.79 Å². The average molecular weight is 353 g/mol. The summed E-state index contributed by atoms with van der Waals surface area (Å²) in [6, 6.07) is 0. The molecule has 3 heteroatoms. The maximum Gasteiger partial charge on any atom is 0.333 e. The highest BCUT2D eigenvalue weighted by molar-refractivity contribution is 5.86. The molecular weight excluding hydrogens is 312 g/mol. The Kier molecular flexibility index (Phi) is 17.4. The molecular formula is C22H40O3. The Bertz CT molecular complexity index is 325. The molecule has 0 aliphatic carbocycles. The summed E-state index contributed by atoms with van der Waals surface area (Å²) in [4.78, 5) is 11.2. The van der Waals surface area contributed by atoms with E-state index < -0.39 is 5.97 Å². The van der Waals surface area contributed by atoms with Gasteiger partial charge >= 0.3 is 5.97 Å². The molecule has 0 aromatic carbocycles. The van der Waals surface area contributed by atoms with Crippen molar-refractivity contribution in [2.75, 3.05) is 19.8 Å². The highest BCUT2D eigenvalue weighted by atomic mass is 16.5. The van der Waals surface area contributed by atoms with Gasteiger partial charge in [-0.15, -0.1) is 0 Å². The van der Waals surface area contributed by atoms with Gasteiger partial charge in [0.05, 0.1) is 13.2 Å². The van der Waals surface area contributed by atoms with Crippen molar-refractivity contribution in [3.8, 4) is 0 Å². The first-order chi connectivity index (χ1) is 12.1. The maximum absolute atomic E-state index is 11.2. The Morgan fingerprint density at radius 1 is 0.880 bits per heavy atom. The first kappa shape index (κ1) is 24.2. The fourth-order valence-electron chi connectivity index (χ4n) is 2.63. The molecule has 146 valence electrons. The molecule has 3 nitrogen and oxygen atoms in total. The van der Waals surface area contributed by atoms with Gasteiger partial charge in [-0.2, -0.15) is 0 Å². The van der Waals surface area contributed by atoms with Crippen LogP contribution in [-0.2, 0) is 14.3 Å². The van der Waals surface area contributed by atoms with Gasteiger partial charge in [0, 0.05) is 18.1 Å². The van der Waals surface area contributed by atoms with Crippen molar-refractivity contribution < 1.29 is 14.3 Å². The van der Waals surface area contributed by atoms with Crippen LogP contribution in [0.4, 0.5) is 0 Å². The average Bonchev–Trinajstić information content (AvgIpc) is 2.59. The normalized spacial score (nSPS) is 12.1. The monoisotopic (exact) mass is 352 g/mol. The lowest BCUT2D eigenvalue weighted by molar-refractivity contribution is -0.140. The van der Waals surface area contributed by atoms with Gasteiger partial charge in [0.1, 0.15) is 0 Å². The van der Waals surface area contributed by atoms with E-state index in [1.54, 1.807) is 6.92 Å². The zero-order chi connectivity index (χ0) is 18.8. The van der Waals surface area contributed by atoms with Crippen molar-refractivity contribution in [2.45, 2.75) is 90.9 Å². The molecule has 25 heavy (non-hydrogen) atoms. The SMILES string of the molecule is [CH]C(COCCCCCCCCCCCCCC)COC(=O)C(=C)C. The summed E-state index contributed by atoms with van der Waals surface area (Å²) in [7, 11) is 0. The van der Waals surface area contributed by atoms with Crippen LogP contribution in [0.5, 0.6) is 0 Å². The van der Waals surface area contributed by atoms with E-state index in [1.807, 2.05) is 0 Å². The molecule has 0 spiro atoms. The molecule has 0 heterocycles. The van der Waals surface area contributed by atoms with Crippen LogP contribution in [0.3, 0.4) is 0 Å².